The standard InChI is InChI=1S/2C16H28/c2*1-3-4-14-7-11-16(12-8-14)15-9-5-13(2)6-10-15/h2*3-4,13-16H,5-12H2,1-2H3/b2*4-3+. The Labute approximate surface area is 202 Å². The van der Waals surface area contributed by atoms with E-state index >= 15 is 0 Å². The minimum Gasteiger partial charge on any atom is -0.0914 e. The van der Waals surface area contributed by atoms with Crippen LogP contribution in [0, 0.1) is 47.3 Å². The van der Waals surface area contributed by atoms with E-state index in [1.54, 1.807) is 0 Å². The lowest BCUT2D eigenvalue weighted by Crippen LogP contribution is -2.24. The van der Waals surface area contributed by atoms with Gasteiger partial charge in [0.05, 0.1) is 0 Å². The third-order valence-corrected chi connectivity index (χ3v) is 10.0. The fourth-order valence-electron chi connectivity index (χ4n) is 7.68. The Hall–Kier alpha value is -0.520. The fraction of sp³-hybridized carbons (Fsp3) is 0.875. The summed E-state index contributed by atoms with van der Waals surface area (Å²) >= 11 is 0. The van der Waals surface area contributed by atoms with Gasteiger partial charge in [0.25, 0.3) is 0 Å². The SMILES string of the molecule is C/C=C/C1CCC(C2CCC(C)CC2)CC1.C/C=C/C1CCC(C2CCC(C)CC2)CC1. The molecule has 0 aliphatic heterocycles. The van der Waals surface area contributed by atoms with Crippen molar-refractivity contribution in [3.05, 3.63) is 24.3 Å². The minimum atomic E-state index is 0.906. The Balaban J connectivity index is 0.000000181. The molecule has 0 unspecified atom stereocenters. The molecule has 0 N–H and O–H groups in total. The van der Waals surface area contributed by atoms with Crippen LogP contribution in [-0.4, -0.2) is 0 Å². The van der Waals surface area contributed by atoms with Gasteiger partial charge in [-0.15, -0.1) is 0 Å². The maximum absolute atomic E-state index is 2.43. The van der Waals surface area contributed by atoms with E-state index in [4.69, 9.17) is 0 Å². The lowest BCUT2D eigenvalue weighted by Gasteiger charge is -2.36. The largest absolute Gasteiger partial charge is 0.0914 e. The third-order valence-electron chi connectivity index (χ3n) is 10.0. The van der Waals surface area contributed by atoms with Crippen molar-refractivity contribution in [3.8, 4) is 0 Å². The molecule has 32 heavy (non-hydrogen) atoms. The molecular formula is C32H56. The van der Waals surface area contributed by atoms with Crippen LogP contribution in [0.2, 0.25) is 0 Å². The van der Waals surface area contributed by atoms with Crippen molar-refractivity contribution >= 4 is 0 Å². The van der Waals surface area contributed by atoms with Gasteiger partial charge in [-0.2, -0.15) is 0 Å². The molecule has 0 radical (unpaired) electrons. The van der Waals surface area contributed by atoms with Crippen LogP contribution in [0.4, 0.5) is 0 Å². The Kier molecular flexibility index (Phi) is 11.4. The predicted octanol–water partition coefficient (Wildman–Crippen LogP) is 10.4. The van der Waals surface area contributed by atoms with Crippen LogP contribution in [0.1, 0.15) is 130 Å². The number of hydrogen-bond acceptors (Lipinski definition) is 0. The van der Waals surface area contributed by atoms with E-state index in [2.05, 4.69) is 52.0 Å². The molecule has 0 saturated heterocycles. The van der Waals surface area contributed by atoms with Gasteiger partial charge in [-0.05, 0) is 138 Å². The second-order valence-corrected chi connectivity index (χ2v) is 12.4. The molecule has 0 spiro atoms. The van der Waals surface area contributed by atoms with Gasteiger partial charge in [0, 0.05) is 0 Å². The summed E-state index contributed by atoms with van der Waals surface area (Å²) in [5, 5.41) is 0. The second kappa shape index (κ2) is 14.0. The Morgan fingerprint density at radius 2 is 0.625 bits per heavy atom. The lowest BCUT2D eigenvalue weighted by molar-refractivity contribution is 0.160. The summed E-state index contributed by atoms with van der Waals surface area (Å²) in [6.07, 6.45) is 33.3. The summed E-state index contributed by atoms with van der Waals surface area (Å²) in [5.74, 6) is 8.16. The highest BCUT2D eigenvalue weighted by Gasteiger charge is 2.30. The van der Waals surface area contributed by atoms with E-state index in [0.717, 1.165) is 47.3 Å². The molecule has 4 fully saturated rings. The zero-order valence-electron chi connectivity index (χ0n) is 22.2. The van der Waals surface area contributed by atoms with E-state index in [-0.39, 0.29) is 0 Å². The first kappa shape index (κ1) is 26.1. The minimum absolute atomic E-state index is 0.906. The van der Waals surface area contributed by atoms with Crippen molar-refractivity contribution in [2.75, 3.05) is 0 Å². The highest BCUT2D eigenvalue weighted by atomic mass is 14.4. The van der Waals surface area contributed by atoms with Crippen LogP contribution in [0.15, 0.2) is 24.3 Å². The molecule has 184 valence electrons. The van der Waals surface area contributed by atoms with Crippen molar-refractivity contribution in [2.45, 2.75) is 130 Å². The third kappa shape index (κ3) is 8.36. The maximum atomic E-state index is 2.43. The van der Waals surface area contributed by atoms with Crippen molar-refractivity contribution < 1.29 is 0 Å². The lowest BCUT2D eigenvalue weighted by atomic mass is 9.69. The summed E-state index contributed by atoms with van der Waals surface area (Å²) in [5.41, 5.74) is 0. The van der Waals surface area contributed by atoms with Crippen LogP contribution in [-0.2, 0) is 0 Å². The molecule has 4 rings (SSSR count). The molecule has 4 aliphatic carbocycles. The van der Waals surface area contributed by atoms with Crippen LogP contribution >= 0.6 is 0 Å². The van der Waals surface area contributed by atoms with Crippen molar-refractivity contribution in [1.29, 1.82) is 0 Å². The van der Waals surface area contributed by atoms with Gasteiger partial charge in [-0.1, -0.05) is 63.8 Å². The monoisotopic (exact) mass is 440 g/mol. The van der Waals surface area contributed by atoms with Gasteiger partial charge in [-0.3, -0.25) is 0 Å². The average Bonchev–Trinajstić information content (AvgIpc) is 2.82. The van der Waals surface area contributed by atoms with E-state index in [0.29, 0.717) is 0 Å². The van der Waals surface area contributed by atoms with Crippen LogP contribution < -0.4 is 0 Å². The first-order chi connectivity index (χ1) is 15.6. The van der Waals surface area contributed by atoms with Gasteiger partial charge in [0.15, 0.2) is 0 Å². The Morgan fingerprint density at radius 3 is 0.875 bits per heavy atom. The van der Waals surface area contributed by atoms with Gasteiger partial charge in [-0.25, -0.2) is 0 Å². The molecule has 0 heteroatoms. The summed E-state index contributed by atoms with van der Waals surface area (Å²) in [7, 11) is 0. The van der Waals surface area contributed by atoms with E-state index < -0.39 is 0 Å². The molecule has 4 aliphatic rings. The molecule has 0 atom stereocenters. The first-order valence-electron chi connectivity index (χ1n) is 14.8. The highest BCUT2D eigenvalue weighted by Crippen LogP contribution is 2.42. The zero-order valence-corrected chi connectivity index (χ0v) is 22.2. The smallest absolute Gasteiger partial charge is 0.0233 e. The molecule has 0 bridgehead atoms. The van der Waals surface area contributed by atoms with Crippen molar-refractivity contribution in [2.24, 2.45) is 47.3 Å². The van der Waals surface area contributed by atoms with E-state index in [1.165, 1.54) is 103 Å². The van der Waals surface area contributed by atoms with Crippen LogP contribution in [0.3, 0.4) is 0 Å². The van der Waals surface area contributed by atoms with E-state index in [9.17, 15) is 0 Å². The van der Waals surface area contributed by atoms with Gasteiger partial charge >= 0.3 is 0 Å². The molecule has 0 aromatic heterocycles. The molecule has 0 heterocycles. The normalized spacial score (nSPS) is 41.4. The van der Waals surface area contributed by atoms with Gasteiger partial charge in [0.2, 0.25) is 0 Å². The Bertz CT molecular complexity index is 474. The Morgan fingerprint density at radius 1 is 0.375 bits per heavy atom. The number of hydrogen-bond donors (Lipinski definition) is 0. The van der Waals surface area contributed by atoms with Crippen molar-refractivity contribution in [3.63, 3.8) is 0 Å². The van der Waals surface area contributed by atoms with Gasteiger partial charge in [0.1, 0.15) is 0 Å². The average molecular weight is 441 g/mol. The zero-order chi connectivity index (χ0) is 22.8. The predicted molar refractivity (Wildman–Crippen MR) is 143 cm³/mol. The summed E-state index contributed by atoms with van der Waals surface area (Å²) in [6.45, 7) is 9.18. The van der Waals surface area contributed by atoms with E-state index in [1.807, 2.05) is 0 Å². The first-order valence-corrected chi connectivity index (χ1v) is 14.8. The molecule has 0 nitrogen and oxygen atoms in total. The summed E-state index contributed by atoms with van der Waals surface area (Å²) in [4.78, 5) is 0. The number of rotatable bonds is 4. The van der Waals surface area contributed by atoms with Gasteiger partial charge < -0.3 is 0 Å². The van der Waals surface area contributed by atoms with Crippen LogP contribution in [0.25, 0.3) is 0 Å². The quantitative estimate of drug-likeness (QED) is 0.381. The number of allylic oxidation sites excluding steroid dienone is 4. The topological polar surface area (TPSA) is 0 Å². The highest BCUT2D eigenvalue weighted by molar-refractivity contribution is 4.91. The molecule has 0 aromatic rings. The van der Waals surface area contributed by atoms with Crippen molar-refractivity contribution in [1.82, 2.24) is 0 Å². The summed E-state index contributed by atoms with van der Waals surface area (Å²) < 4.78 is 0. The molecule has 0 amide bonds. The maximum Gasteiger partial charge on any atom is -0.0233 e. The molecular weight excluding hydrogens is 384 g/mol. The molecule has 0 aromatic carbocycles. The molecule has 4 saturated carbocycles. The van der Waals surface area contributed by atoms with Crippen LogP contribution in [0.5, 0.6) is 0 Å². The summed E-state index contributed by atoms with van der Waals surface area (Å²) in [6, 6.07) is 0. The second-order valence-electron chi connectivity index (χ2n) is 12.4. The fourth-order valence-corrected chi connectivity index (χ4v) is 7.68.